The second-order valence-corrected chi connectivity index (χ2v) is 5.50. The van der Waals surface area contributed by atoms with Gasteiger partial charge in [-0.3, -0.25) is 4.79 Å². The van der Waals surface area contributed by atoms with E-state index in [0.29, 0.717) is 22.4 Å². The van der Waals surface area contributed by atoms with Crippen LogP contribution in [0.1, 0.15) is 33.2 Å². The van der Waals surface area contributed by atoms with Gasteiger partial charge in [0.2, 0.25) is 0 Å². The summed E-state index contributed by atoms with van der Waals surface area (Å²) in [6.45, 7) is 0. The average Bonchev–Trinajstić information content (AvgIpc) is 2.67. The first-order chi connectivity index (χ1) is 11.7. The Morgan fingerprint density at radius 2 is 1.50 bits per heavy atom. The molecule has 1 unspecified atom stereocenters. The van der Waals surface area contributed by atoms with E-state index in [4.69, 9.17) is 4.74 Å². The van der Waals surface area contributed by atoms with Crippen molar-refractivity contribution in [3.63, 3.8) is 0 Å². The Morgan fingerprint density at radius 3 is 2.17 bits per heavy atom. The lowest BCUT2D eigenvalue weighted by atomic mass is 9.96. The molecule has 0 saturated carbocycles. The molecular formula is C21H18O3. The van der Waals surface area contributed by atoms with Crippen molar-refractivity contribution in [1.29, 1.82) is 0 Å². The summed E-state index contributed by atoms with van der Waals surface area (Å²) in [6.07, 6.45) is -0.755. The Balaban J connectivity index is 1.88. The zero-order chi connectivity index (χ0) is 16.9. The first kappa shape index (κ1) is 16.0. The zero-order valence-corrected chi connectivity index (χ0v) is 13.3. The predicted octanol–water partition coefficient (Wildman–Crippen LogP) is 4.01. The van der Waals surface area contributed by atoms with Crippen LogP contribution in [0, 0.1) is 0 Å². The second-order valence-electron chi connectivity index (χ2n) is 5.50. The fraction of sp³-hybridized carbons (Fsp3) is 0.0952. The summed E-state index contributed by atoms with van der Waals surface area (Å²) in [5.74, 6) is 0.625. The molecule has 3 rings (SSSR count). The van der Waals surface area contributed by atoms with Crippen molar-refractivity contribution in [1.82, 2.24) is 0 Å². The fourth-order valence-corrected chi connectivity index (χ4v) is 2.59. The number of hydrogen-bond acceptors (Lipinski definition) is 3. The number of carbonyl (C=O) groups excluding carboxylic acids is 1. The van der Waals surface area contributed by atoms with Gasteiger partial charge in [0.15, 0.2) is 5.78 Å². The average molecular weight is 318 g/mol. The first-order valence-electron chi connectivity index (χ1n) is 7.71. The zero-order valence-electron chi connectivity index (χ0n) is 13.3. The standard InChI is InChI=1S/C21H18O3/c1-24-19-12-10-16(11-13-19)21(23)18-9-5-8-17(14-18)20(22)15-6-3-2-4-7-15/h2-14,20,22H,1H3. The molecule has 0 saturated heterocycles. The number of aliphatic hydroxyl groups excluding tert-OH is 1. The van der Waals surface area contributed by atoms with E-state index >= 15 is 0 Å². The second kappa shape index (κ2) is 7.11. The molecule has 0 radical (unpaired) electrons. The molecule has 0 fully saturated rings. The molecule has 3 aromatic rings. The van der Waals surface area contributed by atoms with Gasteiger partial charge in [0.05, 0.1) is 7.11 Å². The number of benzene rings is 3. The largest absolute Gasteiger partial charge is 0.497 e. The number of aliphatic hydroxyl groups is 1. The quantitative estimate of drug-likeness (QED) is 0.723. The Kier molecular flexibility index (Phi) is 4.73. The maximum Gasteiger partial charge on any atom is 0.193 e. The Morgan fingerprint density at radius 1 is 0.833 bits per heavy atom. The number of ether oxygens (including phenoxy) is 1. The van der Waals surface area contributed by atoms with Gasteiger partial charge in [-0.15, -0.1) is 0 Å². The summed E-state index contributed by atoms with van der Waals surface area (Å²) in [7, 11) is 1.59. The third-order valence-corrected chi connectivity index (χ3v) is 3.93. The van der Waals surface area contributed by atoms with Gasteiger partial charge in [-0.05, 0) is 41.5 Å². The van der Waals surface area contributed by atoms with E-state index in [1.54, 1.807) is 49.6 Å². The number of carbonyl (C=O) groups is 1. The predicted molar refractivity (Wildman–Crippen MR) is 93.4 cm³/mol. The lowest BCUT2D eigenvalue weighted by molar-refractivity contribution is 0.103. The maximum absolute atomic E-state index is 12.6. The summed E-state index contributed by atoms with van der Waals surface area (Å²) in [6, 6.07) is 23.5. The van der Waals surface area contributed by atoms with E-state index in [2.05, 4.69) is 0 Å². The van der Waals surface area contributed by atoms with Crippen molar-refractivity contribution in [3.05, 3.63) is 101 Å². The minimum absolute atomic E-state index is 0.0836. The van der Waals surface area contributed by atoms with Gasteiger partial charge in [0.1, 0.15) is 11.9 Å². The van der Waals surface area contributed by atoms with Crippen LogP contribution in [0.4, 0.5) is 0 Å². The summed E-state index contributed by atoms with van der Waals surface area (Å²) in [5, 5.41) is 10.5. The molecule has 24 heavy (non-hydrogen) atoms. The van der Waals surface area contributed by atoms with Crippen molar-refractivity contribution in [3.8, 4) is 5.75 Å². The molecule has 120 valence electrons. The smallest absolute Gasteiger partial charge is 0.193 e. The highest BCUT2D eigenvalue weighted by molar-refractivity contribution is 6.09. The summed E-state index contributed by atoms with van der Waals surface area (Å²) >= 11 is 0. The van der Waals surface area contributed by atoms with E-state index < -0.39 is 6.10 Å². The summed E-state index contributed by atoms with van der Waals surface area (Å²) < 4.78 is 5.11. The van der Waals surface area contributed by atoms with E-state index in [1.165, 1.54) is 0 Å². The van der Waals surface area contributed by atoms with E-state index in [1.807, 2.05) is 36.4 Å². The lowest BCUT2D eigenvalue weighted by Gasteiger charge is -2.12. The molecule has 0 bridgehead atoms. The Hall–Kier alpha value is -2.91. The van der Waals surface area contributed by atoms with Gasteiger partial charge in [-0.2, -0.15) is 0 Å². The summed E-state index contributed by atoms with van der Waals surface area (Å²) in [5.41, 5.74) is 2.63. The maximum atomic E-state index is 12.6. The van der Waals surface area contributed by atoms with Crippen LogP contribution >= 0.6 is 0 Å². The molecule has 3 nitrogen and oxygen atoms in total. The van der Waals surface area contributed by atoms with Crippen LogP contribution in [0.15, 0.2) is 78.9 Å². The third kappa shape index (κ3) is 3.36. The topological polar surface area (TPSA) is 46.5 Å². The van der Waals surface area contributed by atoms with E-state index in [9.17, 15) is 9.90 Å². The summed E-state index contributed by atoms with van der Waals surface area (Å²) in [4.78, 5) is 12.6. The van der Waals surface area contributed by atoms with Crippen LogP contribution in [0.3, 0.4) is 0 Å². The molecule has 0 aromatic heterocycles. The number of ketones is 1. The minimum Gasteiger partial charge on any atom is -0.497 e. The van der Waals surface area contributed by atoms with Gasteiger partial charge in [-0.1, -0.05) is 48.5 Å². The van der Waals surface area contributed by atoms with E-state index in [0.717, 1.165) is 5.56 Å². The molecule has 3 aromatic carbocycles. The van der Waals surface area contributed by atoms with Crippen LogP contribution in [0.25, 0.3) is 0 Å². The van der Waals surface area contributed by atoms with Crippen LogP contribution in [-0.4, -0.2) is 18.0 Å². The van der Waals surface area contributed by atoms with Gasteiger partial charge in [-0.25, -0.2) is 0 Å². The Bertz CT molecular complexity index is 823. The monoisotopic (exact) mass is 318 g/mol. The molecule has 0 aliphatic carbocycles. The van der Waals surface area contributed by atoms with Gasteiger partial charge in [0.25, 0.3) is 0 Å². The van der Waals surface area contributed by atoms with Crippen LogP contribution in [0.2, 0.25) is 0 Å². The molecule has 3 heteroatoms. The van der Waals surface area contributed by atoms with E-state index in [-0.39, 0.29) is 5.78 Å². The van der Waals surface area contributed by atoms with Crippen molar-refractivity contribution in [2.75, 3.05) is 7.11 Å². The number of rotatable bonds is 5. The molecule has 0 spiro atoms. The molecule has 0 aliphatic heterocycles. The lowest BCUT2D eigenvalue weighted by Crippen LogP contribution is -2.05. The highest BCUT2D eigenvalue weighted by Crippen LogP contribution is 2.23. The first-order valence-corrected chi connectivity index (χ1v) is 7.71. The Labute approximate surface area is 141 Å². The number of hydrogen-bond donors (Lipinski definition) is 1. The van der Waals surface area contributed by atoms with Crippen LogP contribution < -0.4 is 4.74 Å². The van der Waals surface area contributed by atoms with Gasteiger partial charge in [0, 0.05) is 11.1 Å². The SMILES string of the molecule is COc1ccc(C(=O)c2cccc(C(O)c3ccccc3)c2)cc1. The van der Waals surface area contributed by atoms with Crippen molar-refractivity contribution in [2.24, 2.45) is 0 Å². The fourth-order valence-electron chi connectivity index (χ4n) is 2.59. The molecule has 1 atom stereocenters. The van der Waals surface area contributed by atoms with Gasteiger partial charge >= 0.3 is 0 Å². The van der Waals surface area contributed by atoms with Crippen LogP contribution in [0.5, 0.6) is 5.75 Å². The molecule has 0 amide bonds. The molecule has 1 N–H and O–H groups in total. The third-order valence-electron chi connectivity index (χ3n) is 3.93. The molecular weight excluding hydrogens is 300 g/mol. The van der Waals surface area contributed by atoms with Crippen molar-refractivity contribution < 1.29 is 14.6 Å². The van der Waals surface area contributed by atoms with Gasteiger partial charge < -0.3 is 9.84 Å². The normalized spacial score (nSPS) is 11.8. The highest BCUT2D eigenvalue weighted by atomic mass is 16.5. The molecule has 0 aliphatic rings. The van der Waals surface area contributed by atoms with Crippen molar-refractivity contribution >= 4 is 5.78 Å². The highest BCUT2D eigenvalue weighted by Gasteiger charge is 2.14. The minimum atomic E-state index is -0.755. The van der Waals surface area contributed by atoms with Crippen molar-refractivity contribution in [2.45, 2.75) is 6.10 Å². The molecule has 0 heterocycles. The van der Waals surface area contributed by atoms with Crippen LogP contribution in [-0.2, 0) is 0 Å². The number of methoxy groups -OCH3 is 1.